The number of ketones is 1. The van der Waals surface area contributed by atoms with Crippen LogP contribution in [0.15, 0.2) is 224 Å². The Hall–Kier alpha value is -12.7. The molecule has 0 radical (unpaired) electrons. The van der Waals surface area contributed by atoms with Crippen LogP contribution in [0.4, 0.5) is 39.0 Å². The molecule has 7 atom stereocenters. The molecule has 8 heterocycles. The van der Waals surface area contributed by atoms with E-state index in [0.717, 1.165) is 115 Å². The highest BCUT2D eigenvalue weighted by Crippen LogP contribution is 2.35. The van der Waals surface area contributed by atoms with Crippen molar-refractivity contribution in [2.24, 2.45) is 36.1 Å². The molecule has 1 unspecified atom stereocenters. The molecule has 3 aliphatic heterocycles. The monoisotopic (exact) mass is 1620 g/mol. The van der Waals surface area contributed by atoms with Gasteiger partial charge in [0.1, 0.15) is 60.4 Å². The molecule has 24 nitrogen and oxygen atoms in total. The van der Waals surface area contributed by atoms with Crippen LogP contribution < -0.4 is 97.6 Å². The minimum Gasteiger partial charge on any atom is -0.367 e. The number of nitrogens with one attached hydrogen (secondary N) is 9. The maximum absolute atomic E-state index is 14.4. The predicted molar refractivity (Wildman–Crippen MR) is 429 cm³/mol. The van der Waals surface area contributed by atoms with Gasteiger partial charge >= 0.3 is 6.18 Å². The molecule has 30 heteroatoms. The quantitative estimate of drug-likeness (QED) is 0.0129. The van der Waals surface area contributed by atoms with E-state index in [0.29, 0.717) is 46.4 Å². The molecule has 3 fully saturated rings. The first kappa shape index (κ1) is 77.6. The smallest absolute Gasteiger partial charge is 0.367 e. The first-order chi connectivity index (χ1) is 55.5. The molecule has 588 valence electrons. The van der Waals surface area contributed by atoms with Crippen LogP contribution in [0.25, 0.3) is 40.0 Å². The summed E-state index contributed by atoms with van der Waals surface area (Å²) in [5.74, 6) is -2.97. The number of aromatic nitrogens is 8. The first-order valence-electron chi connectivity index (χ1n) is 37.9. The molecule has 9 N–H and O–H groups in total. The number of halogens is 6. The second-order valence-corrected chi connectivity index (χ2v) is 30.1. The number of carbonyl (C=O) groups excluding carboxylic acids is 1. The Morgan fingerprint density at radius 1 is 0.504 bits per heavy atom. The number of alkyl halides is 4. The fourth-order valence-electron chi connectivity index (χ4n) is 15.8. The van der Waals surface area contributed by atoms with Gasteiger partial charge in [-0.15, -0.1) is 0 Å². The largest absolute Gasteiger partial charge is 0.454 e. The summed E-state index contributed by atoms with van der Waals surface area (Å²) in [4.78, 5) is 74.6. The van der Waals surface area contributed by atoms with E-state index in [1.54, 1.807) is 71.2 Å². The van der Waals surface area contributed by atoms with E-state index in [2.05, 4.69) is 68.9 Å². The summed E-state index contributed by atoms with van der Waals surface area (Å²) < 4.78 is 76.4. The van der Waals surface area contributed by atoms with Gasteiger partial charge in [-0.25, -0.2) is 24.4 Å². The lowest BCUT2D eigenvalue weighted by atomic mass is 10.1. The Balaban J connectivity index is 0.000000136. The van der Waals surface area contributed by atoms with Crippen molar-refractivity contribution < 1.29 is 26.7 Å². The van der Waals surface area contributed by atoms with E-state index in [1.165, 1.54) is 16.7 Å². The van der Waals surface area contributed by atoms with Crippen molar-refractivity contribution in [3.63, 3.8) is 0 Å². The van der Waals surface area contributed by atoms with Crippen molar-refractivity contribution in [1.29, 1.82) is 16.2 Å². The third-order valence-electron chi connectivity index (χ3n) is 21.7. The van der Waals surface area contributed by atoms with Gasteiger partial charge in [0.05, 0.1) is 53.2 Å². The number of benzene rings is 6. The lowest BCUT2D eigenvalue weighted by molar-refractivity contribution is -0.0887. The highest BCUT2D eigenvalue weighted by molar-refractivity contribution is 9.09. The Kier molecular flexibility index (Phi) is 22.1. The van der Waals surface area contributed by atoms with Crippen molar-refractivity contribution in [2.75, 3.05) is 16.0 Å². The zero-order chi connectivity index (χ0) is 80.5. The molecule has 0 saturated heterocycles. The van der Waals surface area contributed by atoms with Crippen molar-refractivity contribution in [2.45, 2.75) is 125 Å². The van der Waals surface area contributed by atoms with Crippen LogP contribution in [0.2, 0.25) is 0 Å². The zero-order valence-corrected chi connectivity index (χ0v) is 64.7. The van der Waals surface area contributed by atoms with Gasteiger partial charge in [-0.3, -0.25) is 67.8 Å². The van der Waals surface area contributed by atoms with E-state index >= 15 is 0 Å². The van der Waals surface area contributed by atoms with Gasteiger partial charge in [-0.1, -0.05) is 137 Å². The molecular formula is C85H82BrF5N20O4. The third-order valence-corrected chi connectivity index (χ3v) is 22.5. The summed E-state index contributed by atoms with van der Waals surface area (Å²) in [7, 11) is 5.06. The highest BCUT2D eigenvalue weighted by atomic mass is 79.9. The normalized spacial score (nSPS) is 18.8. The summed E-state index contributed by atoms with van der Waals surface area (Å²) in [6.07, 6.45) is 5.40. The molecule has 115 heavy (non-hydrogen) atoms. The summed E-state index contributed by atoms with van der Waals surface area (Å²) in [6.45, 7) is 2.33. The van der Waals surface area contributed by atoms with Crippen LogP contribution in [0, 0.1) is 34.9 Å². The Morgan fingerprint density at radius 2 is 0.922 bits per heavy atom. The second kappa shape index (κ2) is 32.8. The molecule has 5 aromatic heterocycles. The zero-order valence-electron chi connectivity index (χ0n) is 63.1. The van der Waals surface area contributed by atoms with Gasteiger partial charge in [0.15, 0.2) is 0 Å². The van der Waals surface area contributed by atoms with E-state index in [1.807, 2.05) is 144 Å². The van der Waals surface area contributed by atoms with Gasteiger partial charge in [-0.05, 0) is 154 Å². The molecule has 0 bridgehead atoms. The van der Waals surface area contributed by atoms with E-state index in [4.69, 9.17) is 26.2 Å². The van der Waals surface area contributed by atoms with E-state index < -0.39 is 34.8 Å². The molecule has 3 aliphatic carbocycles. The summed E-state index contributed by atoms with van der Waals surface area (Å²) in [6, 6.07) is 56.1. The number of fused-ring (bicyclic) bond motifs is 9. The van der Waals surface area contributed by atoms with Crippen LogP contribution in [0.3, 0.4) is 0 Å². The number of carbonyl (C=O) groups is 1. The molecule has 0 amide bonds. The van der Waals surface area contributed by atoms with Gasteiger partial charge in [0.25, 0.3) is 22.5 Å². The number of hydrogen-bond donors (Lipinski definition) is 9. The number of nitrogens with zero attached hydrogens (tertiary/aromatic N) is 11. The Morgan fingerprint density at radius 3 is 1.35 bits per heavy atom. The number of Topliss-reactive ketones (excluding diaryl/α,β-unsaturated/α-hetero) is 1. The summed E-state index contributed by atoms with van der Waals surface area (Å²) in [5.41, 5.74) is 8.67. The maximum atomic E-state index is 14.4. The number of aryl methyl sites for hydroxylation is 1. The SMILES string of the molecule is Cc1ccc(-c2ccc(C(Br)N/C(Nc3ccccc3)=c3/c(=O)n(C)c4n(c3=N)[C@H]3CCC[C@H]3N=4)cc2)nc1.Cn1c(=O)/c(=C(/NCc2ccc(-c3cccc(F)n3)cc2)Nc2ccccc2)c(=N)n2c1=N[C@@H]1CCC[C@@H]12.Cn1c(=O)/c(=C(/NCc2ccc(C(=O)C(F)(F)F)c(F)c2)Nc2ccccc2)c(=N)n2c1=N[C@@H]1CCC[C@@H]12. The molecule has 3 saturated carbocycles. The standard InChI is InChI=1S/C30H30BrN7O.C29H28FN7O.C26H24F4N6O2/c1-18-11-16-22(33-17-18)19-12-14-20(15-13-19)26(31)36-28(34-21-7-4-3-5-8-21)25-27(32)38-24-10-6-9-23(24)35-30(38)37(2)29(25)39;1-36-28(38)25(26(31)37-23-11-5-10-22(23)35-29(36)37)27(33-20-7-3-2-4-8-20)32-17-18-13-15-19(16-14-18)21-9-6-12-24(30)34-21;1-35-24(38)20(22(31)36-19-9-5-8-18(19)34-25(35)36)23(33-15-6-3-2-4-7-15)32-13-14-10-11-16(17(27)12-14)21(37)26(28,29)30/h3-5,7-8,11-17,23-24,26,32,34,36H,6,9-10H2,1-2H3;2-4,6-9,12-16,22-23,31-33H,5,10-11,17H2,1H3;2-4,6-7,10-12,18-19,31-33H,5,8-9,13H2,1H3/b28-25+,32-27?;27-25-,31-26?;23-20-,31-22?/t23-,24+,26?;22-,23+;18-,19+/m111/s1. The van der Waals surface area contributed by atoms with E-state index in [9.17, 15) is 41.1 Å². The molecule has 6 aliphatic rings. The average molecular weight is 1620 g/mol. The van der Waals surface area contributed by atoms with Gasteiger partial charge < -0.3 is 31.9 Å². The Bertz CT molecular complexity index is 6400. The van der Waals surface area contributed by atoms with Crippen LogP contribution in [0.1, 0.15) is 113 Å². The highest BCUT2D eigenvalue weighted by Gasteiger charge is 2.42. The number of pyridine rings is 2. The molecule has 6 aromatic carbocycles. The van der Waals surface area contributed by atoms with Crippen molar-refractivity contribution in [3.8, 4) is 22.5 Å². The molecule has 11 aromatic rings. The summed E-state index contributed by atoms with van der Waals surface area (Å²) in [5, 5.41) is 47.5. The van der Waals surface area contributed by atoms with Crippen molar-refractivity contribution >= 4 is 56.2 Å². The van der Waals surface area contributed by atoms with Crippen LogP contribution >= 0.6 is 15.9 Å². The molecular weight excluding hydrogens is 1540 g/mol. The number of hydrogen-bond acceptors (Lipinski definition) is 18. The van der Waals surface area contributed by atoms with Crippen LogP contribution in [-0.2, 0) is 34.2 Å². The third kappa shape index (κ3) is 15.9. The number of anilines is 3. The number of para-hydroxylation sites is 3. The van der Waals surface area contributed by atoms with Crippen LogP contribution in [0.5, 0.6) is 0 Å². The fourth-order valence-corrected chi connectivity index (χ4v) is 16.4. The van der Waals surface area contributed by atoms with Crippen molar-refractivity contribution in [3.05, 3.63) is 314 Å². The molecule has 0 spiro atoms. The molecule has 17 rings (SSSR count). The lowest BCUT2D eigenvalue weighted by Crippen LogP contribution is -2.59. The summed E-state index contributed by atoms with van der Waals surface area (Å²) >= 11 is 3.78. The second-order valence-electron chi connectivity index (χ2n) is 29.2. The fraction of sp³-hybridized carbons (Fsp3) is 0.271. The minimum absolute atomic E-state index is 0.0133. The van der Waals surface area contributed by atoms with Crippen LogP contribution in [-0.4, -0.2) is 67.5 Å². The average Bonchev–Trinajstić information content (AvgIpc) is 1.61. The lowest BCUT2D eigenvalue weighted by Gasteiger charge is -2.20. The first-order valence-corrected chi connectivity index (χ1v) is 38.8. The van der Waals surface area contributed by atoms with Gasteiger partial charge in [0, 0.05) is 68.6 Å². The van der Waals surface area contributed by atoms with Crippen molar-refractivity contribution in [1.82, 2.24) is 53.3 Å². The maximum Gasteiger partial charge on any atom is 0.454 e. The number of rotatable bonds is 18. The topological polar surface area (TPSA) is 304 Å². The predicted octanol–water partition coefficient (Wildman–Crippen LogP) is 8.43. The Labute approximate surface area is 662 Å². The minimum atomic E-state index is -5.19. The van der Waals surface area contributed by atoms with Gasteiger partial charge in [-0.2, -0.15) is 17.6 Å². The van der Waals surface area contributed by atoms with E-state index in [-0.39, 0.29) is 102 Å². The van der Waals surface area contributed by atoms with Gasteiger partial charge in [0.2, 0.25) is 22.8 Å².